The van der Waals surface area contributed by atoms with E-state index in [9.17, 15) is 14.0 Å². The second-order valence-electron chi connectivity index (χ2n) is 8.87. The predicted molar refractivity (Wildman–Crippen MR) is 132 cm³/mol. The van der Waals surface area contributed by atoms with Crippen molar-refractivity contribution in [3.63, 3.8) is 0 Å². The summed E-state index contributed by atoms with van der Waals surface area (Å²) in [7, 11) is 0. The molecule has 4 nitrogen and oxygen atoms in total. The minimum absolute atomic E-state index is 0.00247. The molecule has 0 radical (unpaired) electrons. The molecular weight excluding hydrogens is 451 g/mol. The van der Waals surface area contributed by atoms with Crippen molar-refractivity contribution in [2.24, 2.45) is 5.41 Å². The van der Waals surface area contributed by atoms with Crippen molar-refractivity contribution in [1.29, 1.82) is 0 Å². The first-order valence-electron chi connectivity index (χ1n) is 11.5. The molecule has 1 unspecified atom stereocenters. The second-order valence-corrected chi connectivity index (χ2v) is 9.28. The number of amides is 2. The third-order valence-corrected chi connectivity index (χ3v) is 6.91. The molecular formula is C28H28ClFN2O2. The van der Waals surface area contributed by atoms with Gasteiger partial charge in [0.1, 0.15) is 11.9 Å². The molecule has 3 aromatic rings. The van der Waals surface area contributed by atoms with E-state index in [2.05, 4.69) is 5.32 Å². The van der Waals surface area contributed by atoms with Gasteiger partial charge in [0, 0.05) is 18.1 Å². The first-order chi connectivity index (χ1) is 16.4. The number of likely N-dealkylation sites (tertiary alicyclic amines) is 1. The Morgan fingerprint density at radius 2 is 1.62 bits per heavy atom. The van der Waals surface area contributed by atoms with Gasteiger partial charge in [-0.15, -0.1) is 0 Å². The summed E-state index contributed by atoms with van der Waals surface area (Å²) in [4.78, 5) is 28.8. The van der Waals surface area contributed by atoms with Crippen LogP contribution in [0, 0.1) is 11.2 Å². The first-order valence-corrected chi connectivity index (χ1v) is 11.9. The summed E-state index contributed by atoms with van der Waals surface area (Å²) >= 11 is 6.12. The molecule has 1 aliphatic rings. The molecule has 1 N–H and O–H groups in total. The lowest BCUT2D eigenvalue weighted by molar-refractivity contribution is -0.139. The molecule has 34 heavy (non-hydrogen) atoms. The number of benzene rings is 3. The van der Waals surface area contributed by atoms with E-state index < -0.39 is 17.3 Å². The number of hydrogen-bond acceptors (Lipinski definition) is 2. The summed E-state index contributed by atoms with van der Waals surface area (Å²) in [5, 5.41) is 3.17. The molecule has 2 amide bonds. The number of nitrogens with one attached hydrogen (secondary N) is 1. The van der Waals surface area contributed by atoms with Crippen LogP contribution < -0.4 is 5.32 Å². The summed E-state index contributed by atoms with van der Waals surface area (Å²) in [6.07, 6.45) is 1.55. The zero-order valence-electron chi connectivity index (χ0n) is 19.1. The van der Waals surface area contributed by atoms with E-state index in [1.807, 2.05) is 67.6 Å². The van der Waals surface area contributed by atoms with E-state index in [1.165, 1.54) is 12.1 Å². The summed E-state index contributed by atoms with van der Waals surface area (Å²) < 4.78 is 13.4. The molecule has 0 aromatic heterocycles. The molecule has 1 heterocycles. The molecule has 1 atom stereocenters. The Kier molecular flexibility index (Phi) is 7.32. The fourth-order valence-corrected chi connectivity index (χ4v) is 5.14. The van der Waals surface area contributed by atoms with Crippen molar-refractivity contribution in [2.45, 2.75) is 38.8 Å². The first kappa shape index (κ1) is 24.0. The summed E-state index contributed by atoms with van der Waals surface area (Å²) in [6.45, 7) is 2.51. The maximum Gasteiger partial charge on any atom is 0.243 e. The maximum absolute atomic E-state index is 13.8. The average molecular weight is 479 g/mol. The van der Waals surface area contributed by atoms with Crippen LogP contribution in [0.5, 0.6) is 0 Å². The van der Waals surface area contributed by atoms with Gasteiger partial charge < -0.3 is 10.2 Å². The van der Waals surface area contributed by atoms with Gasteiger partial charge in [0.25, 0.3) is 0 Å². The highest BCUT2D eigenvalue weighted by molar-refractivity contribution is 6.31. The SMILES string of the molecule is CCN1C(=O)C(Cc2ccccc2)(Cc2ccccc2)CC1C(=O)NCc1ccc(F)cc1Cl. The van der Waals surface area contributed by atoms with E-state index in [4.69, 9.17) is 11.6 Å². The van der Waals surface area contributed by atoms with Crippen LogP contribution in [0.1, 0.15) is 30.0 Å². The Bertz CT molecular complexity index is 1110. The molecule has 176 valence electrons. The molecule has 0 saturated carbocycles. The van der Waals surface area contributed by atoms with E-state index in [1.54, 1.807) is 11.0 Å². The second kappa shape index (κ2) is 10.4. The third kappa shape index (κ3) is 5.15. The zero-order chi connectivity index (χ0) is 24.1. The van der Waals surface area contributed by atoms with Crippen LogP contribution in [0.4, 0.5) is 4.39 Å². The summed E-state index contributed by atoms with van der Waals surface area (Å²) in [6, 6.07) is 23.4. The number of nitrogens with zero attached hydrogens (tertiary/aromatic N) is 1. The number of carbonyl (C=O) groups is 2. The lowest BCUT2D eigenvalue weighted by Crippen LogP contribution is -2.44. The number of halogens is 2. The topological polar surface area (TPSA) is 49.4 Å². The van der Waals surface area contributed by atoms with Crippen LogP contribution >= 0.6 is 11.6 Å². The van der Waals surface area contributed by atoms with Crippen LogP contribution in [0.15, 0.2) is 78.9 Å². The molecule has 1 saturated heterocycles. The molecule has 0 aliphatic carbocycles. The van der Waals surface area contributed by atoms with Crippen LogP contribution in [0.2, 0.25) is 5.02 Å². The average Bonchev–Trinajstić information content (AvgIpc) is 3.10. The third-order valence-electron chi connectivity index (χ3n) is 6.56. The van der Waals surface area contributed by atoms with Gasteiger partial charge in [-0.2, -0.15) is 0 Å². The van der Waals surface area contributed by atoms with Crippen molar-refractivity contribution in [2.75, 3.05) is 6.54 Å². The Hall–Kier alpha value is -3.18. The molecule has 0 spiro atoms. The Morgan fingerprint density at radius 3 is 2.15 bits per heavy atom. The van der Waals surface area contributed by atoms with Crippen LogP contribution in [-0.4, -0.2) is 29.3 Å². The largest absolute Gasteiger partial charge is 0.350 e. The van der Waals surface area contributed by atoms with Gasteiger partial charge in [0.15, 0.2) is 0 Å². The number of rotatable bonds is 8. The number of hydrogen-bond donors (Lipinski definition) is 1. The van der Waals surface area contributed by atoms with E-state index in [0.29, 0.717) is 31.4 Å². The molecule has 6 heteroatoms. The van der Waals surface area contributed by atoms with Crippen LogP contribution in [0.3, 0.4) is 0 Å². The van der Waals surface area contributed by atoms with Crippen molar-refractivity contribution in [3.05, 3.63) is 106 Å². The van der Waals surface area contributed by atoms with E-state index in [0.717, 1.165) is 11.1 Å². The van der Waals surface area contributed by atoms with Crippen molar-refractivity contribution >= 4 is 23.4 Å². The van der Waals surface area contributed by atoms with Crippen molar-refractivity contribution < 1.29 is 14.0 Å². The fraction of sp³-hybridized carbons (Fsp3) is 0.286. The molecule has 0 bridgehead atoms. The lowest BCUT2D eigenvalue weighted by atomic mass is 9.74. The van der Waals surface area contributed by atoms with E-state index >= 15 is 0 Å². The number of carbonyl (C=O) groups excluding carboxylic acids is 2. The van der Waals surface area contributed by atoms with Gasteiger partial charge in [0.05, 0.1) is 5.41 Å². The summed E-state index contributed by atoms with van der Waals surface area (Å²) in [5.74, 6) is -0.647. The highest BCUT2D eigenvalue weighted by Gasteiger charge is 2.53. The molecule has 4 rings (SSSR count). The smallest absolute Gasteiger partial charge is 0.243 e. The standard InChI is InChI=1S/C28H28ClFN2O2/c1-2-32-25(26(33)31-19-22-13-14-23(30)15-24(22)29)18-28(27(32)34,16-20-9-5-3-6-10-20)17-21-11-7-4-8-12-21/h3-15,25H,2,16-19H2,1H3,(H,31,33). The zero-order valence-corrected chi connectivity index (χ0v) is 19.9. The Balaban J connectivity index is 1.59. The van der Waals surface area contributed by atoms with Gasteiger partial charge in [-0.3, -0.25) is 9.59 Å². The Labute approximate surface area is 204 Å². The van der Waals surface area contributed by atoms with Gasteiger partial charge in [0.2, 0.25) is 11.8 Å². The van der Waals surface area contributed by atoms with Crippen LogP contribution in [-0.2, 0) is 29.0 Å². The monoisotopic (exact) mass is 478 g/mol. The van der Waals surface area contributed by atoms with Crippen molar-refractivity contribution in [3.8, 4) is 0 Å². The summed E-state index contributed by atoms with van der Waals surface area (Å²) in [5.41, 5.74) is 2.06. The van der Waals surface area contributed by atoms with Gasteiger partial charge >= 0.3 is 0 Å². The quantitative estimate of drug-likeness (QED) is 0.484. The predicted octanol–water partition coefficient (Wildman–Crippen LogP) is 5.19. The molecule has 1 aliphatic heterocycles. The molecule has 1 fully saturated rings. The van der Waals surface area contributed by atoms with E-state index in [-0.39, 0.29) is 23.4 Å². The van der Waals surface area contributed by atoms with Crippen molar-refractivity contribution in [1.82, 2.24) is 10.2 Å². The normalized spacial score (nSPS) is 17.1. The minimum Gasteiger partial charge on any atom is -0.350 e. The fourth-order valence-electron chi connectivity index (χ4n) is 4.91. The maximum atomic E-state index is 13.8. The highest BCUT2D eigenvalue weighted by atomic mass is 35.5. The van der Waals surface area contributed by atoms with Gasteiger partial charge in [-0.05, 0) is 55.0 Å². The highest BCUT2D eigenvalue weighted by Crippen LogP contribution is 2.42. The van der Waals surface area contributed by atoms with Gasteiger partial charge in [-0.25, -0.2) is 4.39 Å². The van der Waals surface area contributed by atoms with Gasteiger partial charge in [-0.1, -0.05) is 78.3 Å². The van der Waals surface area contributed by atoms with Crippen LogP contribution in [0.25, 0.3) is 0 Å². The lowest BCUT2D eigenvalue weighted by Gasteiger charge is -2.28. The Morgan fingerprint density at radius 1 is 1.03 bits per heavy atom. The number of likely N-dealkylation sites (N-methyl/N-ethyl adjacent to an activating group) is 1. The molecule has 3 aromatic carbocycles. The minimum atomic E-state index is -0.714.